The minimum atomic E-state index is -3.37. The lowest BCUT2D eigenvalue weighted by Crippen LogP contribution is -2.29. The SMILES string of the molecule is CS(=O)(=O)Nc1ccc(-c2nnc([C@H](CO)NC(O)c3ccc(Cl)cc3)o2)cc1. The molecule has 2 atom stereocenters. The van der Waals surface area contributed by atoms with E-state index in [1.165, 1.54) is 0 Å². The van der Waals surface area contributed by atoms with Crippen LogP contribution in [-0.2, 0) is 10.0 Å². The number of hydrogen-bond acceptors (Lipinski definition) is 8. The summed E-state index contributed by atoms with van der Waals surface area (Å²) in [5.74, 6) is 0.279. The Hall–Kier alpha value is -2.50. The fraction of sp³-hybridized carbons (Fsp3) is 0.222. The monoisotopic (exact) mass is 438 g/mol. The van der Waals surface area contributed by atoms with Crippen molar-refractivity contribution in [2.45, 2.75) is 12.3 Å². The Labute approximate surface area is 172 Å². The average molecular weight is 439 g/mol. The molecule has 0 saturated heterocycles. The van der Waals surface area contributed by atoms with Crippen LogP contribution in [0.15, 0.2) is 52.9 Å². The summed E-state index contributed by atoms with van der Waals surface area (Å²) in [6.07, 6.45) is -0.0211. The molecule has 0 aliphatic carbocycles. The summed E-state index contributed by atoms with van der Waals surface area (Å²) >= 11 is 5.84. The van der Waals surface area contributed by atoms with Crippen molar-refractivity contribution in [1.29, 1.82) is 0 Å². The van der Waals surface area contributed by atoms with Crippen LogP contribution in [0.25, 0.3) is 11.5 Å². The predicted molar refractivity (Wildman–Crippen MR) is 108 cm³/mol. The van der Waals surface area contributed by atoms with Gasteiger partial charge in [0.05, 0.1) is 12.9 Å². The van der Waals surface area contributed by atoms with Gasteiger partial charge in [-0.2, -0.15) is 0 Å². The Morgan fingerprint density at radius 2 is 1.76 bits per heavy atom. The van der Waals surface area contributed by atoms with Gasteiger partial charge in [-0.1, -0.05) is 23.7 Å². The van der Waals surface area contributed by atoms with Gasteiger partial charge < -0.3 is 14.6 Å². The molecule has 1 heterocycles. The highest BCUT2D eigenvalue weighted by molar-refractivity contribution is 7.92. The maximum Gasteiger partial charge on any atom is 0.247 e. The van der Waals surface area contributed by atoms with Crippen molar-refractivity contribution in [3.8, 4) is 11.5 Å². The van der Waals surface area contributed by atoms with E-state index < -0.39 is 22.3 Å². The molecule has 0 fully saturated rings. The molecule has 0 bridgehead atoms. The number of sulfonamides is 1. The Balaban J connectivity index is 1.72. The number of aliphatic hydroxyl groups is 2. The van der Waals surface area contributed by atoms with E-state index >= 15 is 0 Å². The highest BCUT2D eigenvalue weighted by atomic mass is 35.5. The Bertz CT molecular complexity index is 1050. The van der Waals surface area contributed by atoms with Crippen molar-refractivity contribution < 1.29 is 23.0 Å². The molecule has 4 N–H and O–H groups in total. The second kappa shape index (κ2) is 8.89. The van der Waals surface area contributed by atoms with Crippen LogP contribution in [-0.4, -0.2) is 41.7 Å². The standard InChI is InChI=1S/C18H19ClN4O5S/c1-29(26,27)23-14-8-4-12(5-9-14)17-21-22-18(28-17)15(10-24)20-16(25)11-2-6-13(19)7-3-11/h2-9,15-16,20,23-25H,10H2,1H3/t15-,16?/m0/s1. The van der Waals surface area contributed by atoms with Gasteiger partial charge in [0.2, 0.25) is 21.8 Å². The second-order valence-electron chi connectivity index (χ2n) is 6.25. The Morgan fingerprint density at radius 1 is 1.10 bits per heavy atom. The fourth-order valence-corrected chi connectivity index (χ4v) is 3.21. The molecule has 0 spiro atoms. The lowest BCUT2D eigenvalue weighted by atomic mass is 10.2. The van der Waals surface area contributed by atoms with E-state index in [2.05, 4.69) is 20.2 Å². The third-order valence-electron chi connectivity index (χ3n) is 3.90. The number of aromatic nitrogens is 2. The number of nitrogens with one attached hydrogen (secondary N) is 2. The molecule has 0 aliphatic rings. The Morgan fingerprint density at radius 3 is 2.34 bits per heavy atom. The number of benzene rings is 2. The predicted octanol–water partition coefficient (Wildman–Crippen LogP) is 2.08. The molecule has 1 aromatic heterocycles. The summed E-state index contributed by atoms with van der Waals surface area (Å²) in [7, 11) is -3.37. The summed E-state index contributed by atoms with van der Waals surface area (Å²) < 4.78 is 30.5. The number of anilines is 1. The quantitative estimate of drug-likeness (QED) is 0.392. The third kappa shape index (κ3) is 5.75. The minimum absolute atomic E-state index is 0.0915. The number of hydrogen-bond donors (Lipinski definition) is 4. The molecule has 11 heteroatoms. The molecule has 0 amide bonds. The van der Waals surface area contributed by atoms with Gasteiger partial charge in [-0.3, -0.25) is 10.0 Å². The normalized spacial score (nSPS) is 13.8. The topological polar surface area (TPSA) is 138 Å². The van der Waals surface area contributed by atoms with Crippen LogP contribution in [0.5, 0.6) is 0 Å². The van der Waals surface area contributed by atoms with E-state index in [0.29, 0.717) is 21.8 Å². The molecule has 29 heavy (non-hydrogen) atoms. The molecular formula is C18H19ClN4O5S. The van der Waals surface area contributed by atoms with Gasteiger partial charge in [0.25, 0.3) is 0 Å². The maximum atomic E-state index is 11.3. The van der Waals surface area contributed by atoms with Crippen molar-refractivity contribution in [3.63, 3.8) is 0 Å². The zero-order chi connectivity index (χ0) is 21.0. The van der Waals surface area contributed by atoms with Gasteiger partial charge in [0.1, 0.15) is 12.3 Å². The van der Waals surface area contributed by atoms with Crippen LogP contribution >= 0.6 is 11.6 Å². The van der Waals surface area contributed by atoms with Gasteiger partial charge in [0, 0.05) is 16.3 Å². The van der Waals surface area contributed by atoms with Gasteiger partial charge in [-0.15, -0.1) is 10.2 Å². The highest BCUT2D eigenvalue weighted by Crippen LogP contribution is 2.24. The second-order valence-corrected chi connectivity index (χ2v) is 8.44. The summed E-state index contributed by atoms with van der Waals surface area (Å²) in [6, 6.07) is 12.2. The van der Waals surface area contributed by atoms with Crippen molar-refractivity contribution in [2.24, 2.45) is 0 Å². The van der Waals surface area contributed by atoms with Gasteiger partial charge in [0.15, 0.2) is 0 Å². The summed E-state index contributed by atoms with van der Waals surface area (Å²) in [5, 5.41) is 31.2. The first kappa shape index (κ1) is 21.2. The van der Waals surface area contributed by atoms with Gasteiger partial charge >= 0.3 is 0 Å². The first-order valence-electron chi connectivity index (χ1n) is 8.47. The van der Waals surface area contributed by atoms with Crippen LogP contribution in [0.3, 0.4) is 0 Å². The zero-order valence-electron chi connectivity index (χ0n) is 15.3. The molecule has 2 aromatic carbocycles. The smallest absolute Gasteiger partial charge is 0.247 e. The molecule has 9 nitrogen and oxygen atoms in total. The number of rotatable bonds is 8. The largest absolute Gasteiger partial charge is 0.419 e. The lowest BCUT2D eigenvalue weighted by molar-refractivity contribution is 0.0960. The van der Waals surface area contributed by atoms with E-state index in [1.807, 2.05) is 0 Å². The highest BCUT2D eigenvalue weighted by Gasteiger charge is 2.22. The van der Waals surface area contributed by atoms with Crippen molar-refractivity contribution in [2.75, 3.05) is 17.6 Å². The van der Waals surface area contributed by atoms with Crippen LogP contribution in [0.2, 0.25) is 5.02 Å². The van der Waals surface area contributed by atoms with E-state index in [1.54, 1.807) is 48.5 Å². The summed E-state index contributed by atoms with van der Waals surface area (Å²) in [4.78, 5) is 0. The van der Waals surface area contributed by atoms with E-state index in [-0.39, 0.29) is 18.4 Å². The number of aliphatic hydroxyl groups excluding tert-OH is 2. The Kier molecular flexibility index (Phi) is 6.50. The molecule has 154 valence electrons. The summed E-state index contributed by atoms with van der Waals surface area (Å²) in [5.41, 5.74) is 1.52. The van der Waals surface area contributed by atoms with Crippen LogP contribution < -0.4 is 10.0 Å². The molecule has 3 rings (SSSR count). The molecule has 0 radical (unpaired) electrons. The van der Waals surface area contributed by atoms with E-state index in [0.717, 1.165) is 6.26 Å². The van der Waals surface area contributed by atoms with Crippen LogP contribution in [0.1, 0.15) is 23.7 Å². The van der Waals surface area contributed by atoms with Crippen molar-refractivity contribution in [1.82, 2.24) is 15.5 Å². The molecule has 3 aromatic rings. The molecular weight excluding hydrogens is 420 g/mol. The number of halogens is 1. The lowest BCUT2D eigenvalue weighted by Gasteiger charge is -2.18. The van der Waals surface area contributed by atoms with Gasteiger partial charge in [-0.25, -0.2) is 8.42 Å². The molecule has 0 aliphatic heterocycles. The van der Waals surface area contributed by atoms with Crippen LogP contribution in [0.4, 0.5) is 5.69 Å². The molecule has 0 saturated carbocycles. The molecule has 1 unspecified atom stereocenters. The third-order valence-corrected chi connectivity index (χ3v) is 4.76. The first-order chi connectivity index (χ1) is 13.7. The fourth-order valence-electron chi connectivity index (χ4n) is 2.52. The van der Waals surface area contributed by atoms with E-state index in [9.17, 15) is 18.6 Å². The van der Waals surface area contributed by atoms with Crippen LogP contribution in [0, 0.1) is 0 Å². The van der Waals surface area contributed by atoms with Crippen molar-refractivity contribution in [3.05, 3.63) is 65.0 Å². The first-order valence-corrected chi connectivity index (χ1v) is 10.7. The van der Waals surface area contributed by atoms with E-state index in [4.69, 9.17) is 16.0 Å². The van der Waals surface area contributed by atoms with Crippen molar-refractivity contribution >= 4 is 27.3 Å². The summed E-state index contributed by atoms with van der Waals surface area (Å²) in [6.45, 7) is -0.385. The minimum Gasteiger partial charge on any atom is -0.419 e. The maximum absolute atomic E-state index is 11.3. The zero-order valence-corrected chi connectivity index (χ0v) is 16.9. The number of nitrogens with zero attached hydrogens (tertiary/aromatic N) is 2. The average Bonchev–Trinajstić information content (AvgIpc) is 3.15. The van der Waals surface area contributed by atoms with Gasteiger partial charge in [-0.05, 0) is 42.0 Å².